The number of benzene rings is 2. The lowest BCUT2D eigenvalue weighted by Gasteiger charge is -2.12. The number of hydrogen-bond acceptors (Lipinski definition) is 4. The fourth-order valence-corrected chi connectivity index (χ4v) is 3.52. The van der Waals surface area contributed by atoms with Crippen molar-refractivity contribution in [2.24, 2.45) is 0 Å². The first-order valence-corrected chi connectivity index (χ1v) is 8.55. The number of imidazole rings is 1. The fraction of sp³-hybridized carbons (Fsp3) is 0.0476. The molecule has 0 amide bonds. The zero-order valence-electron chi connectivity index (χ0n) is 14.5. The van der Waals surface area contributed by atoms with E-state index in [2.05, 4.69) is 15.0 Å². The summed E-state index contributed by atoms with van der Waals surface area (Å²) < 4.78 is 1.64. The molecule has 6 nitrogen and oxygen atoms in total. The van der Waals surface area contributed by atoms with Crippen LogP contribution >= 0.6 is 0 Å². The van der Waals surface area contributed by atoms with Crippen LogP contribution in [0.4, 0.5) is 0 Å². The summed E-state index contributed by atoms with van der Waals surface area (Å²) in [5.74, 6) is -0.336. The fourth-order valence-electron chi connectivity index (χ4n) is 3.52. The van der Waals surface area contributed by atoms with Crippen LogP contribution in [0.1, 0.15) is 5.56 Å². The smallest absolute Gasteiger partial charge is 0.240 e. The Kier molecular flexibility index (Phi) is 3.21. The minimum atomic E-state index is -0.200. The maximum absolute atomic E-state index is 10.6. The van der Waals surface area contributed by atoms with Crippen LogP contribution in [0.15, 0.2) is 61.1 Å². The third kappa shape index (κ3) is 2.27. The van der Waals surface area contributed by atoms with Gasteiger partial charge in [0, 0.05) is 22.7 Å². The lowest BCUT2D eigenvalue weighted by molar-refractivity contribution is 0.386. The molecule has 0 radical (unpaired) electrons. The van der Waals surface area contributed by atoms with Crippen molar-refractivity contribution >= 4 is 21.9 Å². The van der Waals surface area contributed by atoms with E-state index < -0.39 is 0 Å². The average Bonchev–Trinajstić information content (AvgIpc) is 3.25. The molecule has 0 unspecified atom stereocenters. The van der Waals surface area contributed by atoms with Gasteiger partial charge in [-0.3, -0.25) is 9.55 Å². The van der Waals surface area contributed by atoms with Gasteiger partial charge < -0.3 is 15.2 Å². The maximum Gasteiger partial charge on any atom is 0.240 e. The third-order valence-electron chi connectivity index (χ3n) is 4.88. The van der Waals surface area contributed by atoms with E-state index in [4.69, 9.17) is 0 Å². The molecule has 3 aromatic heterocycles. The molecule has 3 heterocycles. The molecule has 0 aliphatic heterocycles. The van der Waals surface area contributed by atoms with Crippen molar-refractivity contribution in [2.75, 3.05) is 0 Å². The minimum absolute atomic E-state index is 0.136. The van der Waals surface area contributed by atoms with E-state index in [1.807, 2.05) is 48.5 Å². The van der Waals surface area contributed by atoms with Crippen LogP contribution < -0.4 is 0 Å². The molecule has 0 atom stereocenters. The van der Waals surface area contributed by atoms with Crippen LogP contribution in [0.3, 0.4) is 0 Å². The normalized spacial score (nSPS) is 11.4. The van der Waals surface area contributed by atoms with E-state index in [0.29, 0.717) is 11.3 Å². The van der Waals surface area contributed by atoms with Gasteiger partial charge in [-0.2, -0.15) is 0 Å². The van der Waals surface area contributed by atoms with Gasteiger partial charge in [0.1, 0.15) is 0 Å². The van der Waals surface area contributed by atoms with Gasteiger partial charge in [-0.25, -0.2) is 4.98 Å². The van der Waals surface area contributed by atoms with Gasteiger partial charge in [0.15, 0.2) is 5.75 Å². The molecule has 5 rings (SSSR count). The van der Waals surface area contributed by atoms with E-state index in [1.165, 1.54) is 0 Å². The summed E-state index contributed by atoms with van der Waals surface area (Å²) in [6, 6.07) is 15.5. The van der Waals surface area contributed by atoms with Crippen molar-refractivity contribution in [2.45, 2.75) is 6.92 Å². The molecule has 132 valence electrons. The zero-order valence-corrected chi connectivity index (χ0v) is 14.5. The van der Waals surface area contributed by atoms with Gasteiger partial charge in [0.25, 0.3) is 0 Å². The number of rotatable bonds is 2. The molecule has 0 aliphatic rings. The minimum Gasteiger partial charge on any atom is -0.503 e. The molecular weight excluding hydrogens is 340 g/mol. The van der Waals surface area contributed by atoms with Gasteiger partial charge >= 0.3 is 0 Å². The Balaban J connectivity index is 1.79. The molecule has 6 heteroatoms. The first kappa shape index (κ1) is 15.5. The van der Waals surface area contributed by atoms with Crippen LogP contribution in [0.25, 0.3) is 38.9 Å². The first-order chi connectivity index (χ1) is 13.1. The second-order valence-electron chi connectivity index (χ2n) is 6.50. The highest BCUT2D eigenvalue weighted by atomic mass is 16.3. The lowest BCUT2D eigenvalue weighted by Crippen LogP contribution is -1.98. The van der Waals surface area contributed by atoms with Crippen LogP contribution in [-0.4, -0.2) is 29.7 Å². The highest BCUT2D eigenvalue weighted by Gasteiger charge is 2.22. The quantitative estimate of drug-likeness (QED) is 0.440. The number of para-hydroxylation sites is 1. The molecule has 0 fully saturated rings. The number of fused-ring (bicyclic) bond motifs is 2. The number of hydrogen-bond donors (Lipinski definition) is 3. The molecule has 2 aromatic carbocycles. The van der Waals surface area contributed by atoms with Crippen LogP contribution in [0.2, 0.25) is 0 Å². The molecule has 3 N–H and O–H groups in total. The molecule has 0 spiro atoms. The zero-order chi connectivity index (χ0) is 18.5. The van der Waals surface area contributed by atoms with Crippen molar-refractivity contribution in [3.63, 3.8) is 0 Å². The van der Waals surface area contributed by atoms with Crippen molar-refractivity contribution in [1.82, 2.24) is 19.5 Å². The maximum atomic E-state index is 10.6. The highest BCUT2D eigenvalue weighted by molar-refractivity contribution is 5.85. The van der Waals surface area contributed by atoms with Gasteiger partial charge in [0.05, 0.1) is 34.3 Å². The summed E-state index contributed by atoms with van der Waals surface area (Å²) in [4.78, 5) is 11.8. The Morgan fingerprint density at radius 2 is 1.81 bits per heavy atom. The van der Waals surface area contributed by atoms with Crippen molar-refractivity contribution < 1.29 is 10.2 Å². The second kappa shape index (κ2) is 5.60. The number of pyridine rings is 1. The molecule has 0 aliphatic carbocycles. The van der Waals surface area contributed by atoms with E-state index in [9.17, 15) is 10.2 Å². The van der Waals surface area contributed by atoms with Crippen LogP contribution in [0, 0.1) is 6.92 Å². The van der Waals surface area contributed by atoms with Crippen molar-refractivity contribution in [3.8, 4) is 28.6 Å². The number of nitrogens with zero attached hydrogens (tertiary/aromatic N) is 3. The number of H-pyrrole nitrogens is 1. The van der Waals surface area contributed by atoms with Crippen LogP contribution in [-0.2, 0) is 0 Å². The Hall–Kier alpha value is -3.80. The van der Waals surface area contributed by atoms with Crippen molar-refractivity contribution in [3.05, 3.63) is 66.6 Å². The summed E-state index contributed by atoms with van der Waals surface area (Å²) in [5.41, 5.74) is 5.39. The number of nitrogens with one attached hydrogen (secondary N) is 1. The summed E-state index contributed by atoms with van der Waals surface area (Å²) in [6.07, 6.45) is 3.38. The van der Waals surface area contributed by atoms with Crippen molar-refractivity contribution in [1.29, 1.82) is 0 Å². The molecule has 0 saturated heterocycles. The predicted octanol–water partition coefficient (Wildman–Crippen LogP) is 4.29. The SMILES string of the molecule is Cc1c(O)c(O)n(-c2ccc3nc[nH]c3c2)c1-c1cnc2ccccc2c1. The summed E-state index contributed by atoms with van der Waals surface area (Å²) in [7, 11) is 0. The number of aromatic nitrogens is 4. The highest BCUT2D eigenvalue weighted by Crippen LogP contribution is 2.42. The number of aromatic hydroxyl groups is 2. The second-order valence-corrected chi connectivity index (χ2v) is 6.50. The molecule has 27 heavy (non-hydrogen) atoms. The van der Waals surface area contributed by atoms with E-state index in [0.717, 1.165) is 33.2 Å². The Morgan fingerprint density at radius 1 is 0.963 bits per heavy atom. The topological polar surface area (TPSA) is 87.0 Å². The van der Waals surface area contributed by atoms with Gasteiger partial charge in [-0.1, -0.05) is 18.2 Å². The number of aromatic amines is 1. The summed E-state index contributed by atoms with van der Waals surface area (Å²) in [5, 5.41) is 22.0. The molecular formula is C21H16N4O2. The average molecular weight is 356 g/mol. The Bertz CT molecular complexity index is 1320. The largest absolute Gasteiger partial charge is 0.503 e. The lowest BCUT2D eigenvalue weighted by atomic mass is 10.1. The van der Waals surface area contributed by atoms with Gasteiger partial charge in [0.2, 0.25) is 5.88 Å². The first-order valence-electron chi connectivity index (χ1n) is 8.55. The van der Waals surface area contributed by atoms with E-state index >= 15 is 0 Å². The monoisotopic (exact) mass is 356 g/mol. The summed E-state index contributed by atoms with van der Waals surface area (Å²) >= 11 is 0. The molecule has 0 saturated carbocycles. The molecule has 0 bridgehead atoms. The van der Waals surface area contributed by atoms with Crippen LogP contribution in [0.5, 0.6) is 11.6 Å². The third-order valence-corrected chi connectivity index (χ3v) is 4.88. The van der Waals surface area contributed by atoms with E-state index in [1.54, 1.807) is 24.0 Å². The van der Waals surface area contributed by atoms with Gasteiger partial charge in [-0.05, 0) is 37.3 Å². The molecule has 5 aromatic rings. The Morgan fingerprint density at radius 3 is 2.70 bits per heavy atom. The summed E-state index contributed by atoms with van der Waals surface area (Å²) in [6.45, 7) is 1.78. The van der Waals surface area contributed by atoms with E-state index in [-0.39, 0.29) is 11.6 Å². The van der Waals surface area contributed by atoms with Gasteiger partial charge in [-0.15, -0.1) is 0 Å². The standard InChI is InChI=1S/C21H16N4O2/c1-12-19(14-8-13-4-2-3-5-16(13)22-10-14)25(21(27)20(12)26)15-6-7-17-18(9-15)24-11-23-17/h2-11,26-27H,1H3,(H,23,24). The Labute approximate surface area is 154 Å². The predicted molar refractivity (Wildman–Crippen MR) is 104 cm³/mol.